The fourth-order valence-electron chi connectivity index (χ4n) is 2.89. The molecule has 0 N–H and O–H groups in total. The Bertz CT molecular complexity index is 952. The third kappa shape index (κ3) is 4.31. The second-order valence-corrected chi connectivity index (χ2v) is 7.37. The van der Waals surface area contributed by atoms with E-state index in [1.807, 2.05) is 35.2 Å². The molecule has 1 saturated carbocycles. The minimum absolute atomic E-state index is 0.0110. The number of aromatic nitrogens is 2. The molecule has 1 aliphatic carbocycles. The third-order valence-corrected chi connectivity index (χ3v) is 5.09. The standard InChI is InChI=1S/C20H17Cl2N3O2/c21-15-7-5-13(6-8-15)20-24-23-18(27-20)12-25(16-9-10-16)19(26)11-14-3-1-2-4-17(14)22/h1-8,16H,9-12H2. The number of halogens is 2. The maximum absolute atomic E-state index is 12.8. The number of hydrogen-bond acceptors (Lipinski definition) is 4. The third-order valence-electron chi connectivity index (χ3n) is 4.47. The first-order valence-corrected chi connectivity index (χ1v) is 9.47. The van der Waals surface area contributed by atoms with Crippen LogP contribution in [0.25, 0.3) is 11.5 Å². The summed E-state index contributed by atoms with van der Waals surface area (Å²) in [6.07, 6.45) is 2.24. The average Bonchev–Trinajstić information content (AvgIpc) is 3.40. The Morgan fingerprint density at radius 1 is 1.07 bits per heavy atom. The van der Waals surface area contributed by atoms with E-state index in [2.05, 4.69) is 10.2 Å². The number of nitrogens with zero attached hydrogens (tertiary/aromatic N) is 3. The molecule has 0 bridgehead atoms. The van der Waals surface area contributed by atoms with Crippen LogP contribution in [-0.2, 0) is 17.8 Å². The summed E-state index contributed by atoms with van der Waals surface area (Å²) in [5, 5.41) is 9.43. The van der Waals surface area contributed by atoms with Gasteiger partial charge in [-0.05, 0) is 48.7 Å². The lowest BCUT2D eigenvalue weighted by atomic mass is 10.1. The van der Waals surface area contributed by atoms with Crippen LogP contribution < -0.4 is 0 Å². The predicted octanol–water partition coefficient (Wildman–Crippen LogP) is 4.78. The second kappa shape index (κ2) is 7.71. The molecule has 0 atom stereocenters. The fourth-order valence-corrected chi connectivity index (χ4v) is 3.21. The molecular formula is C20H17Cl2N3O2. The molecule has 7 heteroatoms. The molecule has 4 rings (SSSR count). The Morgan fingerprint density at radius 3 is 2.52 bits per heavy atom. The Balaban J connectivity index is 1.48. The molecule has 2 aromatic carbocycles. The van der Waals surface area contributed by atoms with Gasteiger partial charge in [-0.15, -0.1) is 10.2 Å². The van der Waals surface area contributed by atoms with E-state index < -0.39 is 0 Å². The van der Waals surface area contributed by atoms with Gasteiger partial charge in [0.2, 0.25) is 17.7 Å². The zero-order valence-electron chi connectivity index (χ0n) is 14.4. The quantitative estimate of drug-likeness (QED) is 0.596. The zero-order chi connectivity index (χ0) is 18.8. The highest BCUT2D eigenvalue weighted by Crippen LogP contribution is 2.30. The normalized spacial score (nSPS) is 13.6. The van der Waals surface area contributed by atoms with Gasteiger partial charge in [-0.2, -0.15) is 0 Å². The minimum Gasteiger partial charge on any atom is -0.419 e. The smallest absolute Gasteiger partial charge is 0.247 e. The molecule has 1 amide bonds. The van der Waals surface area contributed by atoms with E-state index in [9.17, 15) is 4.79 Å². The van der Waals surface area contributed by atoms with E-state index in [0.717, 1.165) is 24.0 Å². The van der Waals surface area contributed by atoms with Crippen molar-refractivity contribution in [2.24, 2.45) is 0 Å². The molecule has 1 fully saturated rings. The van der Waals surface area contributed by atoms with Gasteiger partial charge in [-0.3, -0.25) is 4.79 Å². The Morgan fingerprint density at radius 2 is 1.81 bits per heavy atom. The van der Waals surface area contributed by atoms with Gasteiger partial charge >= 0.3 is 0 Å². The van der Waals surface area contributed by atoms with Gasteiger partial charge in [0, 0.05) is 21.7 Å². The van der Waals surface area contributed by atoms with E-state index in [1.165, 1.54) is 0 Å². The molecule has 1 heterocycles. The fraction of sp³-hybridized carbons (Fsp3) is 0.250. The highest BCUT2D eigenvalue weighted by Gasteiger charge is 2.33. The summed E-state index contributed by atoms with van der Waals surface area (Å²) in [6.45, 7) is 0.300. The van der Waals surface area contributed by atoms with Crippen LogP contribution in [0.5, 0.6) is 0 Å². The molecule has 1 aromatic heterocycles. The number of hydrogen-bond donors (Lipinski definition) is 0. The van der Waals surface area contributed by atoms with Crippen molar-refractivity contribution in [3.63, 3.8) is 0 Å². The lowest BCUT2D eigenvalue weighted by Crippen LogP contribution is -2.34. The van der Waals surface area contributed by atoms with Crippen molar-refractivity contribution >= 4 is 29.1 Å². The average molecular weight is 402 g/mol. The first-order valence-electron chi connectivity index (χ1n) is 8.71. The summed E-state index contributed by atoms with van der Waals surface area (Å²) in [7, 11) is 0. The maximum Gasteiger partial charge on any atom is 0.247 e. The van der Waals surface area contributed by atoms with Crippen LogP contribution in [0.4, 0.5) is 0 Å². The maximum atomic E-state index is 12.8. The zero-order valence-corrected chi connectivity index (χ0v) is 16.0. The van der Waals surface area contributed by atoms with Crippen molar-refractivity contribution in [2.45, 2.75) is 31.8 Å². The van der Waals surface area contributed by atoms with Crippen LogP contribution in [0.3, 0.4) is 0 Å². The molecule has 0 spiro atoms. The number of benzene rings is 2. The van der Waals surface area contributed by atoms with Gasteiger partial charge in [0.05, 0.1) is 13.0 Å². The van der Waals surface area contributed by atoms with Gasteiger partial charge in [0.15, 0.2) is 0 Å². The lowest BCUT2D eigenvalue weighted by molar-refractivity contribution is -0.132. The van der Waals surface area contributed by atoms with E-state index in [-0.39, 0.29) is 18.4 Å². The van der Waals surface area contributed by atoms with Gasteiger partial charge in [-0.25, -0.2) is 0 Å². The molecular weight excluding hydrogens is 385 g/mol. The van der Waals surface area contributed by atoms with Crippen LogP contribution in [0.2, 0.25) is 10.0 Å². The van der Waals surface area contributed by atoms with Gasteiger partial charge in [0.25, 0.3) is 0 Å². The molecule has 3 aromatic rings. The number of carbonyl (C=O) groups is 1. The van der Waals surface area contributed by atoms with E-state index >= 15 is 0 Å². The summed E-state index contributed by atoms with van der Waals surface area (Å²) in [5.41, 5.74) is 1.61. The SMILES string of the molecule is O=C(Cc1ccccc1Cl)N(Cc1nnc(-c2ccc(Cl)cc2)o1)C1CC1. The number of carbonyl (C=O) groups excluding carboxylic acids is 1. The van der Waals surface area contributed by atoms with Crippen molar-refractivity contribution in [3.8, 4) is 11.5 Å². The van der Waals surface area contributed by atoms with E-state index in [4.69, 9.17) is 27.6 Å². The molecule has 1 aliphatic rings. The minimum atomic E-state index is 0.0110. The van der Waals surface area contributed by atoms with Crippen LogP contribution in [0.1, 0.15) is 24.3 Å². The highest BCUT2D eigenvalue weighted by molar-refractivity contribution is 6.31. The monoisotopic (exact) mass is 401 g/mol. The summed E-state index contributed by atoms with van der Waals surface area (Å²) >= 11 is 12.1. The molecule has 5 nitrogen and oxygen atoms in total. The van der Waals surface area contributed by atoms with Crippen molar-refractivity contribution in [2.75, 3.05) is 0 Å². The highest BCUT2D eigenvalue weighted by atomic mass is 35.5. The van der Waals surface area contributed by atoms with Gasteiger partial charge < -0.3 is 9.32 Å². The Kier molecular flexibility index (Phi) is 5.14. The van der Waals surface area contributed by atoms with Crippen molar-refractivity contribution in [1.82, 2.24) is 15.1 Å². The molecule has 0 radical (unpaired) electrons. The molecule has 27 heavy (non-hydrogen) atoms. The van der Waals surface area contributed by atoms with Crippen molar-refractivity contribution in [1.29, 1.82) is 0 Å². The van der Waals surface area contributed by atoms with Crippen molar-refractivity contribution in [3.05, 3.63) is 70.0 Å². The van der Waals surface area contributed by atoms with Gasteiger partial charge in [-0.1, -0.05) is 41.4 Å². The molecule has 0 unspecified atom stereocenters. The predicted molar refractivity (Wildman–Crippen MR) is 103 cm³/mol. The first-order chi connectivity index (χ1) is 13.1. The largest absolute Gasteiger partial charge is 0.419 e. The summed E-state index contributed by atoms with van der Waals surface area (Å²) in [4.78, 5) is 14.6. The first kappa shape index (κ1) is 18.0. The van der Waals surface area contributed by atoms with Crippen LogP contribution in [0, 0.1) is 0 Å². The topological polar surface area (TPSA) is 59.2 Å². The molecule has 0 aliphatic heterocycles. The molecule has 138 valence electrons. The van der Waals surface area contributed by atoms with E-state index in [1.54, 1.807) is 18.2 Å². The number of rotatable bonds is 6. The van der Waals surface area contributed by atoms with Crippen LogP contribution in [-0.4, -0.2) is 27.0 Å². The lowest BCUT2D eigenvalue weighted by Gasteiger charge is -2.20. The van der Waals surface area contributed by atoms with Crippen LogP contribution in [0.15, 0.2) is 52.9 Å². The van der Waals surface area contributed by atoms with Crippen LogP contribution >= 0.6 is 23.2 Å². The van der Waals surface area contributed by atoms with Gasteiger partial charge in [0.1, 0.15) is 0 Å². The second-order valence-electron chi connectivity index (χ2n) is 6.53. The number of amides is 1. The Labute approximate surface area is 166 Å². The summed E-state index contributed by atoms with van der Waals surface area (Å²) in [5.74, 6) is 0.840. The molecule has 0 saturated heterocycles. The Hall–Kier alpha value is -2.37. The van der Waals surface area contributed by atoms with E-state index in [0.29, 0.717) is 28.4 Å². The summed E-state index contributed by atoms with van der Waals surface area (Å²) < 4.78 is 5.76. The van der Waals surface area contributed by atoms with Crippen molar-refractivity contribution < 1.29 is 9.21 Å². The summed E-state index contributed by atoms with van der Waals surface area (Å²) in [6, 6.07) is 14.8.